The molecule has 3 N–H and O–H groups in total. The summed E-state index contributed by atoms with van der Waals surface area (Å²) in [5.41, 5.74) is 4.37. The van der Waals surface area contributed by atoms with Crippen molar-refractivity contribution in [2.45, 2.75) is 27.2 Å². The van der Waals surface area contributed by atoms with Crippen LogP contribution in [-0.4, -0.2) is 37.5 Å². The summed E-state index contributed by atoms with van der Waals surface area (Å²) in [6.07, 6.45) is 0.0761. The average Bonchev–Trinajstić information content (AvgIpc) is 2.18. The van der Waals surface area contributed by atoms with Crippen LogP contribution in [0.25, 0.3) is 0 Å². The molecule has 0 saturated heterocycles. The molecule has 0 bridgehead atoms. The Hall–Kier alpha value is -0.620. The number of carboxylic acid groups (broad SMARTS) is 1. The van der Waals surface area contributed by atoms with Gasteiger partial charge in [0.25, 0.3) is 0 Å². The van der Waals surface area contributed by atoms with Crippen molar-refractivity contribution in [3.05, 3.63) is 0 Å². The molecule has 16 heavy (non-hydrogen) atoms. The zero-order valence-electron chi connectivity index (χ0n) is 10.1. The molecule has 0 aliphatic rings. The lowest BCUT2D eigenvalue weighted by Gasteiger charge is -2.31. The molecule has 0 saturated carbocycles. The number of carbonyl (C=O) groups is 1. The maximum atomic E-state index is 11.4. The molecule has 6 heteroatoms. The highest BCUT2D eigenvalue weighted by atomic mass is 32.2. The minimum Gasteiger partial charge on any atom is -0.481 e. The largest absolute Gasteiger partial charge is 0.481 e. The van der Waals surface area contributed by atoms with Crippen LogP contribution in [0.15, 0.2) is 0 Å². The molecule has 0 rings (SSSR count). The van der Waals surface area contributed by atoms with Crippen LogP contribution >= 0.6 is 0 Å². The number of aliphatic carboxylic acids is 1. The Balaban J connectivity index is 4.90. The molecule has 0 aromatic heterocycles. The number of carboxylic acids is 1. The van der Waals surface area contributed by atoms with Crippen molar-refractivity contribution in [2.75, 3.05) is 18.1 Å². The van der Waals surface area contributed by atoms with Crippen molar-refractivity contribution in [1.82, 2.24) is 0 Å². The van der Waals surface area contributed by atoms with E-state index in [0.717, 1.165) is 0 Å². The summed E-state index contributed by atoms with van der Waals surface area (Å²) >= 11 is 0. The number of nitrogens with two attached hydrogens (primary N) is 1. The van der Waals surface area contributed by atoms with Crippen molar-refractivity contribution < 1.29 is 18.3 Å². The summed E-state index contributed by atoms with van der Waals surface area (Å²) in [4.78, 5) is 11.2. The molecule has 0 fully saturated rings. The second-order valence-electron chi connectivity index (χ2n) is 4.31. The topological polar surface area (TPSA) is 97.5 Å². The number of hydrogen-bond donors (Lipinski definition) is 2. The Morgan fingerprint density at radius 2 is 1.94 bits per heavy atom. The number of rotatable bonds is 7. The molecule has 0 spiro atoms. The smallest absolute Gasteiger partial charge is 0.311 e. The fourth-order valence-electron chi connectivity index (χ4n) is 1.55. The van der Waals surface area contributed by atoms with E-state index in [9.17, 15) is 18.3 Å². The predicted octanol–water partition coefficient (Wildman–Crippen LogP) is 0.497. The van der Waals surface area contributed by atoms with E-state index in [1.165, 1.54) is 0 Å². The molecule has 0 amide bonds. The summed E-state index contributed by atoms with van der Waals surface area (Å²) in [5, 5.41) is 9.19. The summed E-state index contributed by atoms with van der Waals surface area (Å²) < 4.78 is 22.7. The van der Waals surface area contributed by atoms with E-state index in [2.05, 4.69) is 0 Å². The van der Waals surface area contributed by atoms with E-state index in [4.69, 9.17) is 5.73 Å². The van der Waals surface area contributed by atoms with Crippen LogP contribution in [0.1, 0.15) is 27.2 Å². The van der Waals surface area contributed by atoms with E-state index in [1.54, 1.807) is 20.8 Å². The Morgan fingerprint density at radius 3 is 2.19 bits per heavy atom. The Kier molecular flexibility index (Phi) is 5.41. The fraction of sp³-hybridized carbons (Fsp3) is 0.900. The van der Waals surface area contributed by atoms with Crippen LogP contribution in [0, 0.1) is 11.3 Å². The fourth-order valence-corrected chi connectivity index (χ4v) is 2.51. The van der Waals surface area contributed by atoms with Gasteiger partial charge in [-0.1, -0.05) is 20.8 Å². The van der Waals surface area contributed by atoms with E-state index >= 15 is 0 Å². The van der Waals surface area contributed by atoms with Gasteiger partial charge in [0.2, 0.25) is 0 Å². The highest BCUT2D eigenvalue weighted by Gasteiger charge is 2.40. The standard InChI is InChI=1S/C10H21NO4S/c1-4-16(14,15)6-5-10(7-11,8(2)3)9(12)13/h8H,4-7,11H2,1-3H3,(H,12,13). The second-order valence-corrected chi connectivity index (χ2v) is 6.78. The molecule has 1 atom stereocenters. The van der Waals surface area contributed by atoms with Crippen molar-refractivity contribution in [1.29, 1.82) is 0 Å². The molecule has 1 unspecified atom stereocenters. The molecular weight excluding hydrogens is 230 g/mol. The van der Waals surface area contributed by atoms with Gasteiger partial charge in [-0.3, -0.25) is 4.79 Å². The molecule has 0 aliphatic heterocycles. The zero-order chi connectivity index (χ0) is 13.0. The highest BCUT2D eigenvalue weighted by molar-refractivity contribution is 7.91. The van der Waals surface area contributed by atoms with Crippen LogP contribution in [0.5, 0.6) is 0 Å². The second kappa shape index (κ2) is 5.63. The van der Waals surface area contributed by atoms with Gasteiger partial charge in [0.1, 0.15) is 9.84 Å². The van der Waals surface area contributed by atoms with Gasteiger partial charge < -0.3 is 10.8 Å². The minimum atomic E-state index is -3.15. The molecule has 96 valence electrons. The summed E-state index contributed by atoms with van der Waals surface area (Å²) in [7, 11) is -3.15. The van der Waals surface area contributed by atoms with Crippen molar-refractivity contribution in [3.63, 3.8) is 0 Å². The quantitative estimate of drug-likeness (QED) is 0.686. The molecule has 0 aromatic carbocycles. The predicted molar refractivity (Wildman–Crippen MR) is 62.9 cm³/mol. The highest BCUT2D eigenvalue weighted by Crippen LogP contribution is 2.31. The monoisotopic (exact) mass is 251 g/mol. The maximum absolute atomic E-state index is 11.4. The van der Waals surface area contributed by atoms with Crippen molar-refractivity contribution in [3.8, 4) is 0 Å². The van der Waals surface area contributed by atoms with E-state index in [-0.39, 0.29) is 30.4 Å². The summed E-state index contributed by atoms with van der Waals surface area (Å²) in [6.45, 7) is 5.01. The van der Waals surface area contributed by atoms with Gasteiger partial charge in [0, 0.05) is 12.3 Å². The average molecular weight is 251 g/mol. The minimum absolute atomic E-state index is 0.0331. The third-order valence-corrected chi connectivity index (χ3v) is 4.90. The Bertz CT molecular complexity index is 337. The summed E-state index contributed by atoms with van der Waals surface area (Å²) in [6, 6.07) is 0. The third kappa shape index (κ3) is 3.45. The summed E-state index contributed by atoms with van der Waals surface area (Å²) in [5.74, 6) is -1.30. The van der Waals surface area contributed by atoms with Gasteiger partial charge >= 0.3 is 5.97 Å². The number of hydrogen-bond acceptors (Lipinski definition) is 4. The lowest BCUT2D eigenvalue weighted by molar-refractivity contribution is -0.151. The van der Waals surface area contributed by atoms with Crippen LogP contribution in [0.4, 0.5) is 0 Å². The normalized spacial score (nSPS) is 16.1. The van der Waals surface area contributed by atoms with Gasteiger partial charge in [0.15, 0.2) is 0 Å². The van der Waals surface area contributed by atoms with Crippen LogP contribution in [0.2, 0.25) is 0 Å². The van der Waals surface area contributed by atoms with Gasteiger partial charge in [-0.15, -0.1) is 0 Å². The van der Waals surface area contributed by atoms with Crippen LogP contribution < -0.4 is 5.73 Å². The van der Waals surface area contributed by atoms with Crippen molar-refractivity contribution >= 4 is 15.8 Å². The number of sulfone groups is 1. The SMILES string of the molecule is CCS(=O)(=O)CCC(CN)(C(=O)O)C(C)C. The molecule has 5 nitrogen and oxygen atoms in total. The van der Waals surface area contributed by atoms with Gasteiger partial charge in [-0.05, 0) is 12.3 Å². The first kappa shape index (κ1) is 15.4. The van der Waals surface area contributed by atoms with E-state index in [0.29, 0.717) is 0 Å². The van der Waals surface area contributed by atoms with Gasteiger partial charge in [-0.25, -0.2) is 8.42 Å². The zero-order valence-corrected chi connectivity index (χ0v) is 10.9. The molecule has 0 aromatic rings. The molecule has 0 radical (unpaired) electrons. The lowest BCUT2D eigenvalue weighted by Crippen LogP contribution is -2.44. The van der Waals surface area contributed by atoms with Gasteiger partial charge in [0.05, 0.1) is 11.2 Å². The first-order chi connectivity index (χ1) is 7.22. The lowest BCUT2D eigenvalue weighted by atomic mass is 9.75. The first-order valence-corrected chi connectivity index (χ1v) is 7.18. The first-order valence-electron chi connectivity index (χ1n) is 5.35. The van der Waals surface area contributed by atoms with E-state index < -0.39 is 21.2 Å². The van der Waals surface area contributed by atoms with Crippen molar-refractivity contribution in [2.24, 2.45) is 17.1 Å². The van der Waals surface area contributed by atoms with Crippen LogP contribution in [-0.2, 0) is 14.6 Å². The Morgan fingerprint density at radius 1 is 1.44 bits per heavy atom. The molecule has 0 aliphatic carbocycles. The molecular formula is C10H21NO4S. The van der Waals surface area contributed by atoms with Gasteiger partial charge in [-0.2, -0.15) is 0 Å². The van der Waals surface area contributed by atoms with E-state index in [1.807, 2.05) is 0 Å². The Labute approximate surface area is 96.9 Å². The van der Waals surface area contributed by atoms with Crippen LogP contribution in [0.3, 0.4) is 0 Å². The third-order valence-electron chi connectivity index (χ3n) is 3.19. The molecule has 0 heterocycles. The maximum Gasteiger partial charge on any atom is 0.311 e.